The summed E-state index contributed by atoms with van der Waals surface area (Å²) in [6.45, 7) is 4.00. The van der Waals surface area contributed by atoms with Crippen molar-refractivity contribution >= 4 is 32.8 Å². The smallest absolute Gasteiger partial charge is 0.288 e. The Balaban J connectivity index is 1.87. The van der Waals surface area contributed by atoms with Crippen LogP contribution >= 0.6 is 15.9 Å². The highest BCUT2D eigenvalue weighted by atomic mass is 79.9. The lowest BCUT2D eigenvalue weighted by molar-refractivity contribution is 0.0938. The molecule has 1 amide bonds. The lowest BCUT2D eigenvalue weighted by atomic mass is 9.99. The molecule has 0 saturated heterocycles. The first-order valence-electron chi connectivity index (χ1n) is 7.99. The van der Waals surface area contributed by atoms with Gasteiger partial charge in [0.2, 0.25) is 5.76 Å². The Morgan fingerprint density at radius 2 is 2.08 bits per heavy atom. The fourth-order valence-corrected chi connectivity index (χ4v) is 3.43. The third-order valence-corrected chi connectivity index (χ3v) is 4.71. The Hall–Kier alpha value is -2.86. The molecule has 1 atom stereocenters. The molecule has 0 aliphatic carbocycles. The molecule has 2 aromatic carbocycles. The minimum atomic E-state index is -0.579. The molecule has 6 heteroatoms. The molecule has 1 N–H and O–H groups in total. The van der Waals surface area contributed by atoms with Crippen LogP contribution in [0.15, 0.2) is 68.8 Å². The van der Waals surface area contributed by atoms with Crippen molar-refractivity contribution < 1.29 is 13.9 Å². The van der Waals surface area contributed by atoms with Crippen LogP contribution < -0.4 is 15.5 Å². The number of fused-ring (bicyclic) bond motifs is 2. The van der Waals surface area contributed by atoms with E-state index in [2.05, 4.69) is 27.8 Å². The van der Waals surface area contributed by atoms with Crippen molar-refractivity contribution in [3.05, 3.63) is 86.7 Å². The first kappa shape index (κ1) is 16.6. The van der Waals surface area contributed by atoms with E-state index in [4.69, 9.17) is 9.15 Å². The van der Waals surface area contributed by atoms with Crippen molar-refractivity contribution in [2.24, 2.45) is 0 Å². The van der Waals surface area contributed by atoms with Crippen LogP contribution in [-0.2, 0) is 0 Å². The van der Waals surface area contributed by atoms with E-state index in [0.717, 1.165) is 10.0 Å². The van der Waals surface area contributed by atoms with Crippen LogP contribution in [0.2, 0.25) is 0 Å². The van der Waals surface area contributed by atoms with Gasteiger partial charge in [0.25, 0.3) is 5.91 Å². The number of ether oxygens (including phenoxy) is 1. The zero-order valence-electron chi connectivity index (χ0n) is 13.6. The minimum Gasteiger partial charge on any atom is -0.490 e. The minimum absolute atomic E-state index is 0.0623. The Bertz CT molecular complexity index is 1100. The van der Waals surface area contributed by atoms with Gasteiger partial charge in [0, 0.05) is 4.47 Å². The van der Waals surface area contributed by atoms with Crippen molar-refractivity contribution in [2.75, 3.05) is 6.61 Å². The third kappa shape index (κ3) is 2.72. The summed E-state index contributed by atoms with van der Waals surface area (Å²) in [6, 6.07) is 11.8. The fourth-order valence-electron chi connectivity index (χ4n) is 3.07. The molecule has 1 aliphatic rings. The van der Waals surface area contributed by atoms with Crippen molar-refractivity contribution in [1.29, 1.82) is 0 Å². The van der Waals surface area contributed by atoms with Crippen molar-refractivity contribution in [3.8, 4) is 5.75 Å². The van der Waals surface area contributed by atoms with Crippen LogP contribution in [0.25, 0.3) is 11.0 Å². The second-order valence-electron chi connectivity index (χ2n) is 5.89. The number of nitrogens with one attached hydrogen (secondary N) is 1. The first-order chi connectivity index (χ1) is 12.6. The van der Waals surface area contributed by atoms with Crippen LogP contribution in [0.5, 0.6) is 5.75 Å². The third-order valence-electron chi connectivity index (χ3n) is 4.22. The average molecular weight is 412 g/mol. The normalized spacial score (nSPS) is 15.6. The zero-order valence-corrected chi connectivity index (χ0v) is 15.2. The average Bonchev–Trinajstić information content (AvgIpc) is 2.98. The Morgan fingerprint density at radius 1 is 1.23 bits per heavy atom. The van der Waals surface area contributed by atoms with E-state index in [0.29, 0.717) is 28.9 Å². The number of rotatable bonds is 4. The Kier molecular flexibility index (Phi) is 4.12. The van der Waals surface area contributed by atoms with Gasteiger partial charge in [-0.05, 0) is 35.9 Å². The van der Waals surface area contributed by atoms with E-state index < -0.39 is 11.9 Å². The van der Waals surface area contributed by atoms with Crippen LogP contribution in [-0.4, -0.2) is 12.5 Å². The molecule has 1 aliphatic heterocycles. The van der Waals surface area contributed by atoms with Crippen LogP contribution in [0, 0.1) is 0 Å². The maximum Gasteiger partial charge on any atom is 0.288 e. The van der Waals surface area contributed by atoms with Crippen molar-refractivity contribution in [1.82, 2.24) is 5.32 Å². The Morgan fingerprint density at radius 3 is 2.88 bits per heavy atom. The summed E-state index contributed by atoms with van der Waals surface area (Å²) in [5.41, 5.74) is 1.24. The molecule has 0 bridgehead atoms. The van der Waals surface area contributed by atoms with Gasteiger partial charge in [-0.3, -0.25) is 9.59 Å². The van der Waals surface area contributed by atoms with Gasteiger partial charge < -0.3 is 14.5 Å². The summed E-state index contributed by atoms with van der Waals surface area (Å²) in [5, 5.41) is 3.26. The second kappa shape index (κ2) is 6.46. The molecule has 130 valence electrons. The van der Waals surface area contributed by atoms with Crippen LogP contribution in [0.1, 0.15) is 27.7 Å². The summed E-state index contributed by atoms with van der Waals surface area (Å²) in [7, 11) is 0. The summed E-state index contributed by atoms with van der Waals surface area (Å²) in [6.07, 6.45) is 1.65. The highest BCUT2D eigenvalue weighted by Gasteiger charge is 2.36. The van der Waals surface area contributed by atoms with E-state index in [1.807, 2.05) is 18.2 Å². The molecule has 4 rings (SSSR count). The molecular formula is C20H14BrNO4. The lowest BCUT2D eigenvalue weighted by Gasteiger charge is -2.13. The van der Waals surface area contributed by atoms with Gasteiger partial charge in [0.1, 0.15) is 17.9 Å². The standard InChI is InChI=1S/C20H14BrNO4/c1-2-8-25-13-5-3-4-11(9-13)17-16-18(23)14-10-12(21)6-7-15(14)26-19(16)20(24)22-17/h2-7,9-10,17H,1,8H2,(H,22,24). The molecule has 1 unspecified atom stereocenters. The predicted octanol–water partition coefficient (Wildman–Crippen LogP) is 3.95. The van der Waals surface area contributed by atoms with E-state index >= 15 is 0 Å². The summed E-state index contributed by atoms with van der Waals surface area (Å²) < 4.78 is 12.0. The van der Waals surface area contributed by atoms with Crippen LogP contribution in [0.3, 0.4) is 0 Å². The fraction of sp³-hybridized carbons (Fsp3) is 0.100. The van der Waals surface area contributed by atoms with Crippen molar-refractivity contribution in [3.63, 3.8) is 0 Å². The molecule has 2 heterocycles. The Labute approximate surface area is 157 Å². The number of carbonyl (C=O) groups excluding carboxylic acids is 1. The molecule has 0 fully saturated rings. The van der Waals surface area contributed by atoms with Gasteiger partial charge in [0.15, 0.2) is 5.43 Å². The number of benzene rings is 2. The van der Waals surface area contributed by atoms with E-state index in [9.17, 15) is 9.59 Å². The predicted molar refractivity (Wildman–Crippen MR) is 102 cm³/mol. The molecule has 0 radical (unpaired) electrons. The molecule has 0 saturated carbocycles. The highest BCUT2D eigenvalue weighted by molar-refractivity contribution is 9.10. The van der Waals surface area contributed by atoms with Gasteiger partial charge in [-0.15, -0.1) is 0 Å². The molecular weight excluding hydrogens is 398 g/mol. The van der Waals surface area contributed by atoms with E-state index in [1.165, 1.54) is 0 Å². The number of carbonyl (C=O) groups is 1. The number of hydrogen-bond acceptors (Lipinski definition) is 4. The highest BCUT2D eigenvalue weighted by Crippen LogP contribution is 2.32. The van der Waals surface area contributed by atoms with Crippen molar-refractivity contribution in [2.45, 2.75) is 6.04 Å². The van der Waals surface area contributed by atoms with Gasteiger partial charge in [0.05, 0.1) is 17.0 Å². The summed E-state index contributed by atoms with van der Waals surface area (Å²) in [4.78, 5) is 25.4. The first-order valence-corrected chi connectivity index (χ1v) is 8.78. The molecule has 1 aromatic heterocycles. The SMILES string of the molecule is C=CCOc1cccc(C2NC(=O)c3oc4ccc(Br)cc4c(=O)c32)c1. The molecule has 26 heavy (non-hydrogen) atoms. The van der Waals surface area contributed by atoms with Gasteiger partial charge >= 0.3 is 0 Å². The number of amides is 1. The van der Waals surface area contributed by atoms with Gasteiger partial charge in [-0.2, -0.15) is 0 Å². The molecule has 3 aromatic rings. The zero-order chi connectivity index (χ0) is 18.3. The second-order valence-corrected chi connectivity index (χ2v) is 6.81. The topological polar surface area (TPSA) is 68.5 Å². The summed E-state index contributed by atoms with van der Waals surface area (Å²) in [5.74, 6) is 0.301. The molecule has 0 spiro atoms. The maximum absolute atomic E-state index is 13.0. The lowest BCUT2D eigenvalue weighted by Crippen LogP contribution is -2.22. The summed E-state index contributed by atoms with van der Waals surface area (Å²) >= 11 is 3.36. The monoisotopic (exact) mass is 411 g/mol. The largest absolute Gasteiger partial charge is 0.490 e. The van der Waals surface area contributed by atoms with Gasteiger partial charge in [-0.25, -0.2) is 0 Å². The van der Waals surface area contributed by atoms with Gasteiger partial charge in [-0.1, -0.05) is 40.7 Å². The number of hydrogen-bond donors (Lipinski definition) is 1. The van der Waals surface area contributed by atoms with E-state index in [1.54, 1.807) is 30.3 Å². The van der Waals surface area contributed by atoms with E-state index in [-0.39, 0.29) is 11.2 Å². The van der Waals surface area contributed by atoms with Crippen LogP contribution in [0.4, 0.5) is 0 Å². The molecule has 5 nitrogen and oxygen atoms in total. The number of halogens is 1. The maximum atomic E-state index is 13.0. The quantitative estimate of drug-likeness (QED) is 0.659.